The number of nitrogens with zero attached hydrogens (tertiary/aromatic N) is 4. The number of aromatic nitrogens is 3. The summed E-state index contributed by atoms with van der Waals surface area (Å²) in [4.78, 5) is 4.24. The zero-order chi connectivity index (χ0) is 13.8. The molecule has 0 saturated carbocycles. The van der Waals surface area contributed by atoms with E-state index in [1.54, 1.807) is 17.5 Å². The molecule has 1 N–H and O–H groups in total. The van der Waals surface area contributed by atoms with Crippen LogP contribution < -0.4 is 5.32 Å². The first kappa shape index (κ1) is 12.5. The van der Waals surface area contributed by atoms with Crippen LogP contribution >= 0.6 is 11.3 Å². The third-order valence-corrected chi connectivity index (χ3v) is 3.74. The number of thiazole rings is 1. The van der Waals surface area contributed by atoms with Gasteiger partial charge in [0, 0.05) is 29.9 Å². The van der Waals surface area contributed by atoms with Crippen LogP contribution in [0.4, 0.5) is 5.69 Å². The van der Waals surface area contributed by atoms with Gasteiger partial charge in [-0.1, -0.05) is 18.2 Å². The van der Waals surface area contributed by atoms with Gasteiger partial charge in [0.15, 0.2) is 5.69 Å². The van der Waals surface area contributed by atoms with Crippen LogP contribution in [0, 0.1) is 11.3 Å². The molecule has 98 valence electrons. The summed E-state index contributed by atoms with van der Waals surface area (Å²) in [6.45, 7) is 0.706. The second kappa shape index (κ2) is 5.63. The topological polar surface area (TPSA) is 74.5 Å². The van der Waals surface area contributed by atoms with Gasteiger partial charge in [-0.3, -0.25) is 0 Å². The number of nitriles is 1. The summed E-state index contributed by atoms with van der Waals surface area (Å²) in [7, 11) is 0. The first-order valence-corrected chi connectivity index (χ1v) is 7.04. The molecular formula is C14H11N5S. The highest BCUT2D eigenvalue weighted by atomic mass is 32.1. The van der Waals surface area contributed by atoms with E-state index in [0.717, 1.165) is 28.0 Å². The Morgan fingerprint density at radius 3 is 2.95 bits per heavy atom. The lowest BCUT2D eigenvalue weighted by Gasteiger charge is -2.09. The summed E-state index contributed by atoms with van der Waals surface area (Å²) in [5.74, 6) is 0. The summed E-state index contributed by atoms with van der Waals surface area (Å²) in [5, 5.41) is 24.4. The Labute approximate surface area is 119 Å². The van der Waals surface area contributed by atoms with E-state index in [9.17, 15) is 0 Å². The number of hydrogen-bond acceptors (Lipinski definition) is 6. The third kappa shape index (κ3) is 2.44. The van der Waals surface area contributed by atoms with E-state index in [1.165, 1.54) is 0 Å². The Bertz CT molecular complexity index is 761. The van der Waals surface area contributed by atoms with Crippen LogP contribution in [-0.2, 0) is 6.42 Å². The standard InChI is InChI=1S/C14H11N5S/c15-9-12-14(17-6-5-13-16-7-8-20-13)10-3-1-2-4-11(10)18-19-12/h1-4,7-8H,5-6H2,(H,17,18). The Morgan fingerprint density at radius 2 is 2.15 bits per heavy atom. The van der Waals surface area contributed by atoms with Crippen LogP contribution in [0.25, 0.3) is 10.9 Å². The van der Waals surface area contributed by atoms with Crippen molar-refractivity contribution in [3.8, 4) is 6.07 Å². The van der Waals surface area contributed by atoms with E-state index in [-0.39, 0.29) is 0 Å². The van der Waals surface area contributed by atoms with Crippen molar-refractivity contribution in [1.29, 1.82) is 5.26 Å². The summed E-state index contributed by atoms with van der Waals surface area (Å²) in [5.41, 5.74) is 1.85. The van der Waals surface area contributed by atoms with Crippen molar-refractivity contribution in [2.24, 2.45) is 0 Å². The molecule has 0 aliphatic carbocycles. The molecule has 0 unspecified atom stereocenters. The number of rotatable bonds is 4. The molecule has 1 aromatic carbocycles. The largest absolute Gasteiger partial charge is 0.382 e. The maximum atomic E-state index is 9.16. The first-order valence-electron chi connectivity index (χ1n) is 6.16. The highest BCUT2D eigenvalue weighted by molar-refractivity contribution is 7.09. The minimum atomic E-state index is 0.322. The van der Waals surface area contributed by atoms with Crippen molar-refractivity contribution >= 4 is 27.9 Å². The van der Waals surface area contributed by atoms with E-state index in [2.05, 4.69) is 26.6 Å². The van der Waals surface area contributed by atoms with Gasteiger partial charge in [0.25, 0.3) is 0 Å². The number of fused-ring (bicyclic) bond motifs is 1. The van der Waals surface area contributed by atoms with Gasteiger partial charge in [-0.05, 0) is 6.07 Å². The molecule has 3 rings (SSSR count). The maximum absolute atomic E-state index is 9.16. The fraction of sp³-hybridized carbons (Fsp3) is 0.143. The fourth-order valence-corrected chi connectivity index (χ4v) is 2.60. The van der Waals surface area contributed by atoms with Gasteiger partial charge in [-0.2, -0.15) is 5.26 Å². The van der Waals surface area contributed by atoms with E-state index >= 15 is 0 Å². The van der Waals surface area contributed by atoms with Crippen LogP contribution in [0.3, 0.4) is 0 Å². The Hall–Kier alpha value is -2.52. The predicted octanol–water partition coefficient (Wildman–Crippen LogP) is 2.61. The average molecular weight is 281 g/mol. The second-order valence-electron chi connectivity index (χ2n) is 4.16. The third-order valence-electron chi connectivity index (χ3n) is 2.90. The van der Waals surface area contributed by atoms with Crippen molar-refractivity contribution in [3.05, 3.63) is 46.5 Å². The zero-order valence-electron chi connectivity index (χ0n) is 10.6. The molecule has 0 radical (unpaired) electrons. The lowest BCUT2D eigenvalue weighted by atomic mass is 10.1. The Morgan fingerprint density at radius 1 is 1.25 bits per heavy atom. The van der Waals surface area contributed by atoms with Crippen molar-refractivity contribution in [1.82, 2.24) is 15.2 Å². The average Bonchev–Trinajstić information content (AvgIpc) is 3.00. The van der Waals surface area contributed by atoms with Crippen molar-refractivity contribution in [2.75, 3.05) is 11.9 Å². The molecule has 6 heteroatoms. The fourth-order valence-electron chi connectivity index (χ4n) is 1.98. The Balaban J connectivity index is 1.87. The van der Waals surface area contributed by atoms with Crippen LogP contribution in [0.5, 0.6) is 0 Å². The second-order valence-corrected chi connectivity index (χ2v) is 5.13. The van der Waals surface area contributed by atoms with Gasteiger partial charge in [-0.25, -0.2) is 4.98 Å². The zero-order valence-corrected chi connectivity index (χ0v) is 11.4. The predicted molar refractivity (Wildman–Crippen MR) is 78.6 cm³/mol. The molecule has 20 heavy (non-hydrogen) atoms. The molecule has 0 atom stereocenters. The highest BCUT2D eigenvalue weighted by Crippen LogP contribution is 2.23. The summed E-state index contributed by atoms with van der Waals surface area (Å²) in [6, 6.07) is 9.74. The monoisotopic (exact) mass is 281 g/mol. The minimum absolute atomic E-state index is 0.322. The summed E-state index contributed by atoms with van der Waals surface area (Å²) < 4.78 is 0. The SMILES string of the molecule is N#Cc1nnc2ccccc2c1NCCc1nccs1. The van der Waals surface area contributed by atoms with Gasteiger partial charge in [0.1, 0.15) is 6.07 Å². The van der Waals surface area contributed by atoms with Crippen LogP contribution in [0.15, 0.2) is 35.8 Å². The number of hydrogen-bond donors (Lipinski definition) is 1. The molecule has 0 bridgehead atoms. The molecule has 0 spiro atoms. The highest BCUT2D eigenvalue weighted by Gasteiger charge is 2.09. The van der Waals surface area contributed by atoms with Crippen molar-refractivity contribution < 1.29 is 0 Å². The lowest BCUT2D eigenvalue weighted by Crippen LogP contribution is -2.08. The summed E-state index contributed by atoms with van der Waals surface area (Å²) in [6.07, 6.45) is 2.61. The van der Waals surface area contributed by atoms with Crippen LogP contribution in [0.1, 0.15) is 10.7 Å². The quantitative estimate of drug-likeness (QED) is 0.795. The lowest BCUT2D eigenvalue weighted by molar-refractivity contribution is 0.985. The molecule has 2 aromatic heterocycles. The molecule has 0 aliphatic heterocycles. The normalized spacial score (nSPS) is 10.3. The first-order chi connectivity index (χ1) is 9.88. The molecule has 0 amide bonds. The molecule has 0 fully saturated rings. The van der Waals surface area contributed by atoms with Crippen LogP contribution in [0.2, 0.25) is 0 Å². The molecule has 0 aliphatic rings. The smallest absolute Gasteiger partial charge is 0.186 e. The van der Waals surface area contributed by atoms with Crippen molar-refractivity contribution in [2.45, 2.75) is 6.42 Å². The molecule has 5 nitrogen and oxygen atoms in total. The van der Waals surface area contributed by atoms with Gasteiger partial charge in [-0.15, -0.1) is 21.5 Å². The van der Waals surface area contributed by atoms with Gasteiger partial charge in [0.2, 0.25) is 0 Å². The number of anilines is 1. The molecule has 2 heterocycles. The van der Waals surface area contributed by atoms with Crippen LogP contribution in [-0.4, -0.2) is 21.7 Å². The Kier molecular flexibility index (Phi) is 3.52. The summed E-state index contributed by atoms with van der Waals surface area (Å²) >= 11 is 1.63. The number of nitrogens with one attached hydrogen (secondary N) is 1. The van der Waals surface area contributed by atoms with E-state index in [1.807, 2.05) is 29.6 Å². The molecule has 0 saturated heterocycles. The minimum Gasteiger partial charge on any atom is -0.382 e. The van der Waals surface area contributed by atoms with E-state index < -0.39 is 0 Å². The number of benzene rings is 1. The van der Waals surface area contributed by atoms with Gasteiger partial charge in [0.05, 0.1) is 16.2 Å². The maximum Gasteiger partial charge on any atom is 0.186 e. The molecule has 3 aromatic rings. The van der Waals surface area contributed by atoms with E-state index in [0.29, 0.717) is 12.2 Å². The van der Waals surface area contributed by atoms with Crippen molar-refractivity contribution in [3.63, 3.8) is 0 Å². The van der Waals surface area contributed by atoms with E-state index in [4.69, 9.17) is 5.26 Å². The van der Waals surface area contributed by atoms with Gasteiger partial charge < -0.3 is 5.32 Å². The molecular weight excluding hydrogens is 270 g/mol. The van der Waals surface area contributed by atoms with Gasteiger partial charge >= 0.3 is 0 Å².